The Morgan fingerprint density at radius 1 is 0.978 bits per heavy atom. The molecule has 0 spiro atoms. The van der Waals surface area contributed by atoms with Gasteiger partial charge in [0, 0.05) is 32.5 Å². The number of rotatable bonds is 5. The van der Waals surface area contributed by atoms with Gasteiger partial charge in [0.25, 0.3) is 0 Å². The van der Waals surface area contributed by atoms with E-state index in [0.29, 0.717) is 87.1 Å². The van der Waals surface area contributed by atoms with Crippen molar-refractivity contribution in [3.05, 3.63) is 89.5 Å². The lowest BCUT2D eigenvalue weighted by molar-refractivity contribution is -0.133. The zero-order valence-corrected chi connectivity index (χ0v) is 25.5. The van der Waals surface area contributed by atoms with Crippen LogP contribution in [-0.2, 0) is 29.0 Å². The first-order valence-corrected chi connectivity index (χ1v) is 15.2. The molecule has 1 atom stereocenters. The molecular formula is C34H37N5O6. The van der Waals surface area contributed by atoms with Crippen LogP contribution in [0, 0.1) is 0 Å². The maximum atomic E-state index is 13.8. The van der Waals surface area contributed by atoms with Gasteiger partial charge in [0.05, 0.1) is 26.9 Å². The van der Waals surface area contributed by atoms with E-state index in [9.17, 15) is 9.59 Å². The van der Waals surface area contributed by atoms with Gasteiger partial charge in [-0.15, -0.1) is 10.2 Å². The minimum atomic E-state index is -0.397. The Morgan fingerprint density at radius 2 is 1.82 bits per heavy atom. The number of amides is 2. The molecule has 0 radical (unpaired) electrons. The molecular weight excluding hydrogens is 574 g/mol. The third-order valence-corrected chi connectivity index (χ3v) is 8.20. The van der Waals surface area contributed by atoms with Gasteiger partial charge in [-0.25, -0.2) is 0 Å². The first kappa shape index (κ1) is 30.0. The summed E-state index contributed by atoms with van der Waals surface area (Å²) in [5, 5.41) is 10.7. The van der Waals surface area contributed by atoms with Crippen LogP contribution < -0.4 is 24.3 Å². The topological polar surface area (TPSA) is 117 Å². The van der Waals surface area contributed by atoms with Crippen LogP contribution in [0.25, 0.3) is 0 Å². The summed E-state index contributed by atoms with van der Waals surface area (Å²) in [6, 6.07) is 17.1. The summed E-state index contributed by atoms with van der Waals surface area (Å²) in [4.78, 5) is 28.3. The summed E-state index contributed by atoms with van der Waals surface area (Å²) < 4.78 is 25.8. The Morgan fingerprint density at radius 3 is 2.64 bits per heavy atom. The van der Waals surface area contributed by atoms with Crippen LogP contribution in [0.5, 0.6) is 28.7 Å². The van der Waals surface area contributed by atoms with E-state index in [-0.39, 0.29) is 11.8 Å². The van der Waals surface area contributed by atoms with Gasteiger partial charge < -0.3 is 33.7 Å². The Balaban J connectivity index is 1.42. The number of nitrogens with zero attached hydrogens (tertiary/aromatic N) is 4. The molecule has 8 bridgehead atoms. The molecule has 4 aromatic rings. The fraction of sp³-hybridized carbons (Fsp3) is 0.353. The minimum Gasteiger partial charge on any atom is -0.493 e. The monoisotopic (exact) mass is 611 g/mol. The average molecular weight is 612 g/mol. The molecule has 0 saturated carbocycles. The molecule has 3 aromatic carbocycles. The quantitative estimate of drug-likeness (QED) is 0.351. The van der Waals surface area contributed by atoms with Crippen LogP contribution in [0.15, 0.2) is 67.3 Å². The highest BCUT2D eigenvalue weighted by molar-refractivity contribution is 5.78. The molecule has 0 saturated heterocycles. The van der Waals surface area contributed by atoms with Crippen molar-refractivity contribution >= 4 is 11.8 Å². The fourth-order valence-corrected chi connectivity index (χ4v) is 5.90. The van der Waals surface area contributed by atoms with Gasteiger partial charge in [0.1, 0.15) is 18.4 Å². The fourth-order valence-electron chi connectivity index (χ4n) is 5.90. The van der Waals surface area contributed by atoms with Crippen LogP contribution in [-0.4, -0.2) is 65.4 Å². The summed E-state index contributed by atoms with van der Waals surface area (Å²) >= 11 is 0. The number of carbonyl (C=O) groups is 2. The van der Waals surface area contributed by atoms with Crippen LogP contribution in [0.3, 0.4) is 0 Å². The lowest BCUT2D eigenvalue weighted by Gasteiger charge is -2.38. The number of aryl methyl sites for hydroxylation is 2. The summed E-state index contributed by atoms with van der Waals surface area (Å²) in [6.45, 7) is 1.89. The van der Waals surface area contributed by atoms with Crippen LogP contribution >= 0.6 is 0 Å². The maximum absolute atomic E-state index is 13.8. The van der Waals surface area contributed by atoms with Crippen molar-refractivity contribution in [1.82, 2.24) is 25.0 Å². The van der Waals surface area contributed by atoms with Crippen LogP contribution in [0.1, 0.15) is 47.6 Å². The van der Waals surface area contributed by atoms with Gasteiger partial charge >= 0.3 is 0 Å². The molecule has 11 heteroatoms. The number of hydrogen-bond donors (Lipinski definition) is 1. The number of carbonyl (C=O) groups excluding carboxylic acids is 2. The maximum Gasteiger partial charge on any atom is 0.225 e. The van der Waals surface area contributed by atoms with E-state index in [4.69, 9.17) is 18.9 Å². The standard InChI is InChI=1S/C34H37N5O6/c1-42-28-9-8-25-19-30(28)44-16-4-13-35-32(40)10-7-23-5-3-6-26(17-23)45-31-18-24-11-15-39(34(25)27(24)20-29(31)43-2)33(41)12-14-38-21-36-37-22-38/h3,5-6,8-9,17-22,34H,4,7,10-16H2,1-2H3,(H,35,40). The molecule has 7 rings (SSSR count). The minimum absolute atomic E-state index is 0.0129. The normalized spacial score (nSPS) is 16.6. The number of hydrogen-bond acceptors (Lipinski definition) is 8. The Labute approximate surface area is 262 Å². The van der Waals surface area contributed by atoms with Crippen molar-refractivity contribution in [3.8, 4) is 28.7 Å². The number of methoxy groups -OCH3 is 2. The predicted molar refractivity (Wildman–Crippen MR) is 166 cm³/mol. The highest BCUT2D eigenvalue weighted by atomic mass is 16.5. The third kappa shape index (κ3) is 6.87. The zero-order valence-electron chi connectivity index (χ0n) is 25.5. The Bertz CT molecular complexity index is 1660. The number of benzene rings is 3. The zero-order chi connectivity index (χ0) is 31.2. The SMILES string of the molecule is COc1ccc2cc1OCCCNC(=O)CCc1cccc(c1)Oc1cc3c(cc1OC)C2N(C(=O)CCn1cnnc1)CC3. The van der Waals surface area contributed by atoms with Gasteiger partial charge in [0.15, 0.2) is 23.0 Å². The van der Waals surface area contributed by atoms with Crippen LogP contribution in [0.2, 0.25) is 0 Å². The molecule has 1 N–H and O–H groups in total. The number of fused-ring (bicyclic) bond motifs is 8. The Kier molecular flexibility index (Phi) is 9.14. The smallest absolute Gasteiger partial charge is 0.225 e. The highest BCUT2D eigenvalue weighted by Crippen LogP contribution is 2.44. The second kappa shape index (κ2) is 13.7. The van der Waals surface area contributed by atoms with Crippen molar-refractivity contribution in [2.24, 2.45) is 0 Å². The molecule has 4 heterocycles. The molecule has 234 valence electrons. The second-order valence-electron chi connectivity index (χ2n) is 11.1. The van der Waals surface area contributed by atoms with Crippen molar-refractivity contribution in [2.45, 2.75) is 44.7 Å². The van der Waals surface area contributed by atoms with E-state index in [1.54, 1.807) is 31.4 Å². The van der Waals surface area contributed by atoms with E-state index < -0.39 is 6.04 Å². The van der Waals surface area contributed by atoms with Gasteiger partial charge in [-0.3, -0.25) is 9.59 Å². The van der Waals surface area contributed by atoms with E-state index in [0.717, 1.165) is 22.3 Å². The van der Waals surface area contributed by atoms with E-state index in [1.165, 1.54) is 0 Å². The van der Waals surface area contributed by atoms with Crippen molar-refractivity contribution < 1.29 is 28.5 Å². The number of aromatic nitrogens is 3. The molecule has 0 fully saturated rings. The van der Waals surface area contributed by atoms with Gasteiger partial charge in [-0.2, -0.15) is 0 Å². The lowest BCUT2D eigenvalue weighted by Crippen LogP contribution is -2.41. The van der Waals surface area contributed by atoms with E-state index >= 15 is 0 Å². The summed E-state index contributed by atoms with van der Waals surface area (Å²) in [6.07, 6.45) is 5.76. The molecule has 1 unspecified atom stereocenters. The summed E-state index contributed by atoms with van der Waals surface area (Å²) in [5.41, 5.74) is 3.92. The first-order valence-electron chi connectivity index (χ1n) is 15.2. The third-order valence-electron chi connectivity index (χ3n) is 8.20. The molecule has 0 aliphatic carbocycles. The predicted octanol–water partition coefficient (Wildman–Crippen LogP) is 4.48. The van der Waals surface area contributed by atoms with Crippen molar-refractivity contribution in [1.29, 1.82) is 0 Å². The number of ether oxygens (including phenoxy) is 4. The van der Waals surface area contributed by atoms with Gasteiger partial charge in [0.2, 0.25) is 11.8 Å². The van der Waals surface area contributed by atoms with Gasteiger partial charge in [-0.1, -0.05) is 18.2 Å². The summed E-state index contributed by atoms with van der Waals surface area (Å²) in [5.74, 6) is 2.97. The van der Waals surface area contributed by atoms with E-state index in [2.05, 4.69) is 15.5 Å². The molecule has 1 aromatic heterocycles. The number of nitrogens with one attached hydrogen (secondary N) is 1. The van der Waals surface area contributed by atoms with Crippen molar-refractivity contribution in [2.75, 3.05) is 33.9 Å². The second-order valence-corrected chi connectivity index (χ2v) is 11.1. The Hall–Kier alpha value is -5.06. The molecule has 45 heavy (non-hydrogen) atoms. The largest absolute Gasteiger partial charge is 0.493 e. The van der Waals surface area contributed by atoms with E-state index in [1.807, 2.05) is 59.5 Å². The molecule has 3 aliphatic heterocycles. The summed E-state index contributed by atoms with van der Waals surface area (Å²) in [7, 11) is 3.21. The van der Waals surface area contributed by atoms with Gasteiger partial charge in [-0.05, 0) is 77.9 Å². The highest BCUT2D eigenvalue weighted by Gasteiger charge is 2.34. The van der Waals surface area contributed by atoms with Crippen molar-refractivity contribution in [3.63, 3.8) is 0 Å². The molecule has 3 aliphatic rings. The average Bonchev–Trinajstić information content (AvgIpc) is 3.59. The van der Waals surface area contributed by atoms with Crippen LogP contribution in [0.4, 0.5) is 0 Å². The molecule has 2 amide bonds. The first-order chi connectivity index (χ1) is 22.0. The lowest BCUT2D eigenvalue weighted by atomic mass is 9.87. The molecule has 11 nitrogen and oxygen atoms in total.